The van der Waals surface area contributed by atoms with Crippen LogP contribution in [-0.2, 0) is 54.6 Å². The molecule has 5 N–H and O–H groups in total. The lowest BCUT2D eigenvalue weighted by Crippen LogP contribution is -2.58. The number of anilines is 1. The molecular formula is C51H61F7N6O11S. The molecule has 4 heterocycles. The fourth-order valence-corrected chi connectivity index (χ4v) is 9.11. The fourth-order valence-electron chi connectivity index (χ4n) is 8.30. The van der Waals surface area contributed by atoms with Crippen molar-refractivity contribution < 1.29 is 84.2 Å². The molecule has 3 aliphatic rings. The summed E-state index contributed by atoms with van der Waals surface area (Å²) in [6.07, 6.45) is -7.44. The van der Waals surface area contributed by atoms with Crippen molar-refractivity contribution in [3.63, 3.8) is 0 Å². The molecule has 0 saturated carbocycles. The van der Waals surface area contributed by atoms with Crippen LogP contribution in [0.3, 0.4) is 0 Å². The highest BCUT2D eigenvalue weighted by Gasteiger charge is 2.42. The Kier molecular flexibility index (Phi) is 21.9. The van der Waals surface area contributed by atoms with E-state index in [1.165, 1.54) is 11.3 Å². The number of hydrogen-bond acceptors (Lipinski definition) is 13. The van der Waals surface area contributed by atoms with Crippen LogP contribution in [0.25, 0.3) is 0 Å². The number of nitrogens with zero attached hydrogens (tertiary/aromatic N) is 4. The Balaban J connectivity index is 0.000000671. The van der Waals surface area contributed by atoms with Crippen molar-refractivity contribution >= 4 is 46.7 Å². The Labute approximate surface area is 437 Å². The Morgan fingerprint density at radius 3 is 2.20 bits per heavy atom. The van der Waals surface area contributed by atoms with Gasteiger partial charge in [-0.05, 0) is 67.5 Å². The smallest absolute Gasteiger partial charge is 0.490 e. The number of nitrogens with one attached hydrogen (secondary N) is 2. The number of aryl methyl sites for hydroxylation is 1. The number of alkyl halides is 6. The van der Waals surface area contributed by atoms with Crippen molar-refractivity contribution in [2.75, 3.05) is 77.6 Å². The van der Waals surface area contributed by atoms with Crippen molar-refractivity contribution in [1.29, 1.82) is 0 Å². The molecule has 7 rings (SSSR count). The average molecular weight is 1100 g/mol. The number of carbonyl (C=O) groups excluding carboxylic acids is 3. The van der Waals surface area contributed by atoms with Gasteiger partial charge in [0.15, 0.2) is 12.4 Å². The van der Waals surface area contributed by atoms with Gasteiger partial charge < -0.3 is 50.0 Å². The first-order valence-corrected chi connectivity index (χ1v) is 25.1. The summed E-state index contributed by atoms with van der Waals surface area (Å²) in [5.41, 5.74) is 4.69. The van der Waals surface area contributed by atoms with Gasteiger partial charge in [-0.15, -0.1) is 11.3 Å². The molecule has 0 aliphatic carbocycles. The number of morpholine rings is 1. The Morgan fingerprint density at radius 2 is 1.55 bits per heavy atom. The standard InChI is InChI=1S/C47H59FN6O7S.2C2HF3O2/c1-32(2)45-50-38(30-62-45)46(58)54-23-26-61-47(31-54)16-20-52(21-17-47)27-37-10-6-9-34(42(37)48)14-24-59-25-15-41(57)53(28-36-8-5-4-7-33(36)3)22-19-49-18-13-35-11-12-39(55)43-44(35)60-29-40(56)51-43;2*3-2(4,5)1(6)7/h4-12,30,32,49,55H,13-29,31H2,1-3H3,(H,51,56);2*(H,6,7). The van der Waals surface area contributed by atoms with Gasteiger partial charge in [-0.2, -0.15) is 26.3 Å². The zero-order chi connectivity index (χ0) is 55.8. The minimum absolute atomic E-state index is 0.0269. The first-order valence-electron chi connectivity index (χ1n) is 24.2. The number of thiazole rings is 1. The molecule has 0 radical (unpaired) electrons. The summed E-state index contributed by atoms with van der Waals surface area (Å²) in [6, 6.07) is 16.9. The summed E-state index contributed by atoms with van der Waals surface area (Å²) >= 11 is 1.53. The third-order valence-corrected chi connectivity index (χ3v) is 13.6. The van der Waals surface area contributed by atoms with Crippen LogP contribution in [-0.4, -0.2) is 155 Å². The second-order valence-corrected chi connectivity index (χ2v) is 19.3. The van der Waals surface area contributed by atoms with E-state index in [9.17, 15) is 45.8 Å². The predicted octanol–water partition coefficient (Wildman–Crippen LogP) is 7.33. The van der Waals surface area contributed by atoms with Gasteiger partial charge in [-0.1, -0.05) is 62.4 Å². The number of carboxylic acid groups (broad SMARTS) is 2. The molecule has 76 heavy (non-hydrogen) atoms. The first kappa shape index (κ1) is 60.5. The van der Waals surface area contributed by atoms with Crippen LogP contribution < -0.4 is 15.4 Å². The van der Waals surface area contributed by atoms with Gasteiger partial charge >= 0.3 is 24.3 Å². The lowest BCUT2D eigenvalue weighted by molar-refractivity contribution is -0.193. The van der Waals surface area contributed by atoms with Crippen molar-refractivity contribution in [3.05, 3.63) is 104 Å². The number of carboxylic acids is 2. The number of phenolic OH excluding ortho intramolecular Hbond substituents is 1. The molecule has 0 unspecified atom stereocenters. The summed E-state index contributed by atoms with van der Waals surface area (Å²) in [5.74, 6) is -5.37. The van der Waals surface area contributed by atoms with Crippen LogP contribution in [0.5, 0.6) is 11.5 Å². The Bertz CT molecular complexity index is 2600. The van der Waals surface area contributed by atoms with Gasteiger partial charge in [0.2, 0.25) is 5.91 Å². The number of amides is 3. The van der Waals surface area contributed by atoms with E-state index in [1.54, 1.807) is 18.2 Å². The molecular weight excluding hydrogens is 1040 g/mol. The second kappa shape index (κ2) is 27.6. The highest BCUT2D eigenvalue weighted by Crippen LogP contribution is 2.39. The van der Waals surface area contributed by atoms with Crippen molar-refractivity contribution in [3.8, 4) is 11.5 Å². The molecule has 416 valence electrons. The molecule has 0 bridgehead atoms. The lowest BCUT2D eigenvalue weighted by Gasteiger charge is -2.47. The summed E-state index contributed by atoms with van der Waals surface area (Å²) in [7, 11) is 0. The number of aliphatic carboxylic acids is 2. The van der Waals surface area contributed by atoms with Crippen LogP contribution >= 0.6 is 11.3 Å². The maximum atomic E-state index is 15.8. The van der Waals surface area contributed by atoms with E-state index in [4.69, 9.17) is 34.0 Å². The lowest BCUT2D eigenvalue weighted by atomic mass is 9.89. The molecule has 1 aromatic heterocycles. The molecule has 25 heteroatoms. The molecule has 3 amide bonds. The first-order chi connectivity index (χ1) is 35.9. The van der Waals surface area contributed by atoms with Gasteiger partial charge in [0.05, 0.1) is 43.4 Å². The van der Waals surface area contributed by atoms with Crippen LogP contribution in [0.15, 0.2) is 60.0 Å². The number of aromatic nitrogens is 1. The summed E-state index contributed by atoms with van der Waals surface area (Å²) in [5, 5.41) is 33.3. The number of ether oxygens (including phenoxy) is 3. The summed E-state index contributed by atoms with van der Waals surface area (Å²) in [4.78, 5) is 67.0. The number of rotatable bonds is 18. The van der Waals surface area contributed by atoms with Crippen molar-refractivity contribution in [2.45, 2.75) is 89.8 Å². The fraction of sp³-hybridized carbons (Fsp3) is 0.490. The SMILES string of the molecule is Cc1ccccc1CN(CCNCCc1ccc(O)c2c1OCC(=O)N2)C(=O)CCOCCc1cccc(CN2CCC3(CC2)CN(C(=O)c2csc(C(C)C)n2)CCO3)c1F.O=C(O)C(F)(F)F.O=C(O)C(F)(F)F. The number of fused-ring (bicyclic) bond motifs is 1. The van der Waals surface area contributed by atoms with E-state index in [2.05, 4.69) is 34.4 Å². The maximum Gasteiger partial charge on any atom is 0.490 e. The van der Waals surface area contributed by atoms with Gasteiger partial charge in [0.25, 0.3) is 11.8 Å². The normalized spacial score (nSPS) is 15.4. The third kappa shape index (κ3) is 17.8. The zero-order valence-corrected chi connectivity index (χ0v) is 42.8. The number of piperidine rings is 1. The zero-order valence-electron chi connectivity index (χ0n) is 42.0. The Hall–Kier alpha value is -6.41. The molecule has 2 fully saturated rings. The van der Waals surface area contributed by atoms with E-state index in [1.807, 2.05) is 58.5 Å². The number of aromatic hydroxyl groups is 1. The van der Waals surface area contributed by atoms with Crippen LogP contribution in [0, 0.1) is 12.7 Å². The largest absolute Gasteiger partial charge is 0.506 e. The summed E-state index contributed by atoms with van der Waals surface area (Å²) in [6.45, 7) is 12.3. The topological polar surface area (TPSA) is 220 Å². The average Bonchev–Trinajstić information content (AvgIpc) is 3.87. The quantitative estimate of drug-likeness (QED) is 0.0374. The van der Waals surface area contributed by atoms with Gasteiger partial charge in [-0.25, -0.2) is 19.0 Å². The number of likely N-dealkylation sites (tertiary alicyclic amines) is 1. The third-order valence-electron chi connectivity index (χ3n) is 12.5. The highest BCUT2D eigenvalue weighted by molar-refractivity contribution is 7.09. The van der Waals surface area contributed by atoms with Gasteiger partial charge in [0, 0.05) is 62.7 Å². The number of hydrogen-bond donors (Lipinski definition) is 5. The number of halogens is 7. The number of phenols is 1. The number of carbonyl (C=O) groups is 5. The van der Waals surface area contributed by atoms with Gasteiger partial charge in [0.1, 0.15) is 22.9 Å². The minimum Gasteiger partial charge on any atom is -0.506 e. The van der Waals surface area contributed by atoms with Crippen LogP contribution in [0.1, 0.15) is 82.3 Å². The monoisotopic (exact) mass is 1100 g/mol. The maximum absolute atomic E-state index is 15.8. The molecule has 3 aromatic carbocycles. The molecule has 3 aliphatic heterocycles. The molecule has 0 atom stereocenters. The minimum atomic E-state index is -5.08. The Morgan fingerprint density at radius 1 is 0.895 bits per heavy atom. The van der Waals surface area contributed by atoms with Crippen LogP contribution in [0.2, 0.25) is 0 Å². The van der Waals surface area contributed by atoms with E-state index < -0.39 is 29.9 Å². The summed E-state index contributed by atoms with van der Waals surface area (Å²) < 4.78 is 97.2. The molecule has 17 nitrogen and oxygen atoms in total. The molecule has 1 spiro atoms. The van der Waals surface area contributed by atoms with Crippen molar-refractivity contribution in [2.24, 2.45) is 0 Å². The van der Waals surface area contributed by atoms with E-state index >= 15 is 4.39 Å². The van der Waals surface area contributed by atoms with E-state index in [0.29, 0.717) is 100 Å². The van der Waals surface area contributed by atoms with Crippen LogP contribution in [0.4, 0.5) is 36.4 Å². The highest BCUT2D eigenvalue weighted by atomic mass is 32.1. The van der Waals surface area contributed by atoms with Crippen molar-refractivity contribution in [1.82, 2.24) is 25.0 Å². The van der Waals surface area contributed by atoms with Gasteiger partial charge in [-0.3, -0.25) is 19.3 Å². The van der Waals surface area contributed by atoms with E-state index in [-0.39, 0.29) is 54.8 Å². The molecule has 4 aromatic rings. The predicted molar refractivity (Wildman–Crippen MR) is 264 cm³/mol. The van der Waals surface area contributed by atoms with E-state index in [0.717, 1.165) is 47.6 Å². The second-order valence-electron chi connectivity index (χ2n) is 18.4. The number of benzene rings is 3. The molecule has 2 saturated heterocycles.